The van der Waals surface area contributed by atoms with Crippen molar-refractivity contribution in [2.24, 2.45) is 5.92 Å². The maximum Gasteiger partial charge on any atom is 0.338 e. The summed E-state index contributed by atoms with van der Waals surface area (Å²) in [5, 5.41) is 0. The van der Waals surface area contributed by atoms with Crippen LogP contribution in [-0.2, 0) is 16.1 Å². The van der Waals surface area contributed by atoms with Crippen LogP contribution in [0.4, 0.5) is 0 Å². The van der Waals surface area contributed by atoms with Crippen LogP contribution in [0.15, 0.2) is 48.5 Å². The third-order valence-corrected chi connectivity index (χ3v) is 3.36. The molecule has 24 heavy (non-hydrogen) atoms. The molecule has 0 unspecified atom stereocenters. The molecule has 0 N–H and O–H groups in total. The van der Waals surface area contributed by atoms with Crippen LogP contribution in [0.25, 0.3) is 0 Å². The summed E-state index contributed by atoms with van der Waals surface area (Å²) in [5.74, 6) is -0.521. The number of ether oxygens (including phenoxy) is 2. The Morgan fingerprint density at radius 2 is 1.50 bits per heavy atom. The van der Waals surface area contributed by atoms with Gasteiger partial charge in [-0.25, -0.2) is 9.59 Å². The van der Waals surface area contributed by atoms with Gasteiger partial charge in [0, 0.05) is 0 Å². The van der Waals surface area contributed by atoms with E-state index in [9.17, 15) is 9.59 Å². The fourth-order valence-corrected chi connectivity index (χ4v) is 2.10. The molecule has 126 valence electrons. The first kappa shape index (κ1) is 17.7. The van der Waals surface area contributed by atoms with Crippen molar-refractivity contribution in [3.63, 3.8) is 0 Å². The predicted octanol–water partition coefficient (Wildman–Crippen LogP) is 4.16. The quantitative estimate of drug-likeness (QED) is 0.748. The fourth-order valence-electron chi connectivity index (χ4n) is 2.10. The van der Waals surface area contributed by atoms with Crippen molar-refractivity contribution < 1.29 is 19.1 Å². The molecule has 2 aromatic rings. The lowest BCUT2D eigenvalue weighted by Gasteiger charge is -2.08. The molecule has 0 saturated carbocycles. The maximum atomic E-state index is 12.1. The summed E-state index contributed by atoms with van der Waals surface area (Å²) >= 11 is 0. The monoisotopic (exact) mass is 326 g/mol. The molecule has 0 amide bonds. The molecule has 0 aromatic heterocycles. The summed E-state index contributed by atoms with van der Waals surface area (Å²) in [5.41, 5.74) is 2.89. The Morgan fingerprint density at radius 1 is 0.917 bits per heavy atom. The average Bonchev–Trinajstić information content (AvgIpc) is 2.57. The molecule has 0 aliphatic rings. The highest BCUT2D eigenvalue weighted by Crippen LogP contribution is 2.11. The van der Waals surface area contributed by atoms with Crippen molar-refractivity contribution >= 4 is 11.9 Å². The zero-order valence-corrected chi connectivity index (χ0v) is 14.2. The lowest BCUT2D eigenvalue weighted by atomic mass is 10.1. The van der Waals surface area contributed by atoms with Crippen molar-refractivity contribution in [3.05, 3.63) is 70.8 Å². The molecule has 0 fully saturated rings. The Hall–Kier alpha value is -2.62. The van der Waals surface area contributed by atoms with Crippen LogP contribution in [0.2, 0.25) is 0 Å². The summed E-state index contributed by atoms with van der Waals surface area (Å²) in [7, 11) is 0. The van der Waals surface area contributed by atoms with Gasteiger partial charge in [0.2, 0.25) is 0 Å². The van der Waals surface area contributed by atoms with Crippen molar-refractivity contribution in [1.29, 1.82) is 0 Å². The first-order chi connectivity index (χ1) is 11.5. The van der Waals surface area contributed by atoms with E-state index in [0.29, 0.717) is 17.7 Å². The van der Waals surface area contributed by atoms with Crippen molar-refractivity contribution in [1.82, 2.24) is 0 Å². The number of hydrogen-bond acceptors (Lipinski definition) is 4. The second kappa shape index (κ2) is 8.29. The Morgan fingerprint density at radius 3 is 2.04 bits per heavy atom. The van der Waals surface area contributed by atoms with E-state index in [4.69, 9.17) is 9.47 Å². The van der Waals surface area contributed by atoms with Gasteiger partial charge >= 0.3 is 11.9 Å². The Bertz CT molecular complexity index is 702. The molecule has 0 radical (unpaired) electrons. The van der Waals surface area contributed by atoms with Crippen LogP contribution in [0.1, 0.15) is 45.7 Å². The first-order valence-corrected chi connectivity index (χ1v) is 7.95. The van der Waals surface area contributed by atoms with E-state index >= 15 is 0 Å². The number of aryl methyl sites for hydroxylation is 1. The minimum absolute atomic E-state index is 0.221. The average molecular weight is 326 g/mol. The summed E-state index contributed by atoms with van der Waals surface area (Å²) in [6.07, 6.45) is 0. The molecule has 0 aliphatic carbocycles. The van der Waals surface area contributed by atoms with Gasteiger partial charge in [-0.1, -0.05) is 43.7 Å². The van der Waals surface area contributed by atoms with Gasteiger partial charge in [0.15, 0.2) is 0 Å². The minimum Gasteiger partial charge on any atom is -0.462 e. The van der Waals surface area contributed by atoms with Crippen LogP contribution in [0, 0.1) is 12.8 Å². The lowest BCUT2D eigenvalue weighted by molar-refractivity contribution is 0.0450. The van der Waals surface area contributed by atoms with E-state index in [2.05, 4.69) is 0 Å². The Kier molecular flexibility index (Phi) is 6.13. The number of carbonyl (C=O) groups is 2. The van der Waals surface area contributed by atoms with Gasteiger partial charge in [0.25, 0.3) is 0 Å². The standard InChI is InChI=1S/C20H22O4/c1-14(2)12-23-19(21)17-7-9-18(10-8-17)20(22)24-13-16-6-4-5-15(3)11-16/h4-11,14H,12-13H2,1-3H3. The first-order valence-electron chi connectivity index (χ1n) is 7.95. The van der Waals surface area contributed by atoms with Crippen molar-refractivity contribution in [2.75, 3.05) is 6.61 Å². The molecular formula is C20H22O4. The van der Waals surface area contributed by atoms with E-state index < -0.39 is 5.97 Å². The summed E-state index contributed by atoms with van der Waals surface area (Å²) in [4.78, 5) is 23.9. The normalized spacial score (nSPS) is 10.5. The van der Waals surface area contributed by atoms with Crippen molar-refractivity contribution in [2.45, 2.75) is 27.4 Å². The Labute approximate surface area is 142 Å². The second-order valence-corrected chi connectivity index (χ2v) is 6.13. The molecule has 4 nitrogen and oxygen atoms in total. The van der Waals surface area contributed by atoms with Crippen LogP contribution in [0.3, 0.4) is 0 Å². The number of carbonyl (C=O) groups excluding carboxylic acids is 2. The van der Waals surface area contributed by atoms with Crippen LogP contribution < -0.4 is 0 Å². The topological polar surface area (TPSA) is 52.6 Å². The highest BCUT2D eigenvalue weighted by atomic mass is 16.5. The van der Waals surface area contributed by atoms with Crippen LogP contribution in [0.5, 0.6) is 0 Å². The van der Waals surface area contributed by atoms with Gasteiger partial charge in [0.05, 0.1) is 17.7 Å². The third kappa shape index (κ3) is 5.23. The van der Waals surface area contributed by atoms with Gasteiger partial charge in [-0.2, -0.15) is 0 Å². The van der Waals surface area contributed by atoms with E-state index in [1.165, 1.54) is 0 Å². The number of rotatable bonds is 6. The molecule has 0 bridgehead atoms. The smallest absolute Gasteiger partial charge is 0.338 e. The van der Waals surface area contributed by atoms with Gasteiger partial charge in [-0.3, -0.25) is 0 Å². The number of benzene rings is 2. The molecule has 0 heterocycles. The zero-order valence-electron chi connectivity index (χ0n) is 14.2. The molecular weight excluding hydrogens is 304 g/mol. The SMILES string of the molecule is Cc1cccc(COC(=O)c2ccc(C(=O)OCC(C)C)cc2)c1. The molecule has 2 rings (SSSR count). The summed E-state index contributed by atoms with van der Waals surface area (Å²) in [6, 6.07) is 14.1. The molecule has 0 atom stereocenters. The minimum atomic E-state index is -0.418. The third-order valence-electron chi connectivity index (χ3n) is 3.36. The van der Waals surface area contributed by atoms with E-state index in [1.807, 2.05) is 45.0 Å². The van der Waals surface area contributed by atoms with Crippen LogP contribution >= 0.6 is 0 Å². The number of esters is 2. The number of hydrogen-bond donors (Lipinski definition) is 0. The fraction of sp³-hybridized carbons (Fsp3) is 0.300. The molecule has 0 spiro atoms. The van der Waals surface area contributed by atoms with Crippen molar-refractivity contribution in [3.8, 4) is 0 Å². The van der Waals surface area contributed by atoms with Gasteiger partial charge in [-0.15, -0.1) is 0 Å². The van der Waals surface area contributed by atoms with Gasteiger partial charge < -0.3 is 9.47 Å². The van der Waals surface area contributed by atoms with Gasteiger partial charge in [0.1, 0.15) is 6.61 Å². The lowest BCUT2D eigenvalue weighted by Crippen LogP contribution is -2.11. The van der Waals surface area contributed by atoms with E-state index in [0.717, 1.165) is 11.1 Å². The van der Waals surface area contributed by atoms with Gasteiger partial charge in [-0.05, 0) is 42.7 Å². The van der Waals surface area contributed by atoms with E-state index in [-0.39, 0.29) is 18.5 Å². The molecule has 0 aliphatic heterocycles. The Balaban J connectivity index is 1.92. The summed E-state index contributed by atoms with van der Waals surface area (Å²) in [6.45, 7) is 6.53. The predicted molar refractivity (Wildman–Crippen MR) is 91.9 cm³/mol. The zero-order chi connectivity index (χ0) is 17.5. The largest absolute Gasteiger partial charge is 0.462 e. The molecule has 0 saturated heterocycles. The summed E-state index contributed by atoms with van der Waals surface area (Å²) < 4.78 is 10.4. The highest BCUT2D eigenvalue weighted by Gasteiger charge is 2.11. The molecule has 4 heteroatoms. The van der Waals surface area contributed by atoms with Crippen LogP contribution in [-0.4, -0.2) is 18.5 Å². The maximum absolute atomic E-state index is 12.1. The highest BCUT2D eigenvalue weighted by molar-refractivity contribution is 5.93. The molecule has 2 aromatic carbocycles. The second-order valence-electron chi connectivity index (χ2n) is 6.13. The van der Waals surface area contributed by atoms with E-state index in [1.54, 1.807) is 24.3 Å².